The highest BCUT2D eigenvalue weighted by Crippen LogP contribution is 2.20. The van der Waals surface area contributed by atoms with Crippen molar-refractivity contribution in [2.75, 3.05) is 6.61 Å². The van der Waals surface area contributed by atoms with Gasteiger partial charge in [0.05, 0.1) is 6.04 Å². The zero-order valence-electron chi connectivity index (χ0n) is 8.95. The number of amides is 2. The van der Waals surface area contributed by atoms with Gasteiger partial charge in [0.25, 0.3) is 0 Å². The predicted molar refractivity (Wildman–Crippen MR) is 51.7 cm³/mol. The van der Waals surface area contributed by atoms with Gasteiger partial charge in [-0.05, 0) is 12.3 Å². The molecule has 1 aliphatic rings. The zero-order chi connectivity index (χ0) is 10.7. The van der Waals surface area contributed by atoms with Gasteiger partial charge < -0.3 is 4.74 Å². The fraction of sp³-hybridized carbons (Fsp3) is 0.800. The van der Waals surface area contributed by atoms with Crippen LogP contribution in [0.3, 0.4) is 0 Å². The monoisotopic (exact) mass is 199 g/mol. The van der Waals surface area contributed by atoms with E-state index in [-0.39, 0.29) is 17.9 Å². The van der Waals surface area contributed by atoms with E-state index >= 15 is 0 Å². The maximum absolute atomic E-state index is 11.6. The van der Waals surface area contributed by atoms with Crippen LogP contribution in [-0.2, 0) is 9.53 Å². The van der Waals surface area contributed by atoms with Crippen LogP contribution >= 0.6 is 0 Å². The molecule has 0 bridgehead atoms. The molecular formula is C10H17NO3. The Bertz CT molecular complexity index is 238. The van der Waals surface area contributed by atoms with Crippen molar-refractivity contribution in [2.24, 2.45) is 5.92 Å². The summed E-state index contributed by atoms with van der Waals surface area (Å²) in [5.74, 6) is 0.135. The van der Waals surface area contributed by atoms with E-state index in [0.29, 0.717) is 13.0 Å². The highest BCUT2D eigenvalue weighted by atomic mass is 16.6. The molecular weight excluding hydrogens is 182 g/mol. The van der Waals surface area contributed by atoms with Crippen LogP contribution in [0.4, 0.5) is 4.79 Å². The summed E-state index contributed by atoms with van der Waals surface area (Å²) < 4.78 is 4.87. The van der Waals surface area contributed by atoms with E-state index in [1.807, 2.05) is 20.8 Å². The van der Waals surface area contributed by atoms with Crippen LogP contribution in [-0.4, -0.2) is 29.5 Å². The van der Waals surface area contributed by atoms with Gasteiger partial charge in [0.1, 0.15) is 6.61 Å². The second-order valence-corrected chi connectivity index (χ2v) is 3.90. The maximum atomic E-state index is 11.6. The summed E-state index contributed by atoms with van der Waals surface area (Å²) in [5.41, 5.74) is 0. The summed E-state index contributed by atoms with van der Waals surface area (Å²) in [6.07, 6.45) is 0.688. The van der Waals surface area contributed by atoms with E-state index in [1.54, 1.807) is 0 Å². The van der Waals surface area contributed by atoms with Gasteiger partial charge in [-0.1, -0.05) is 20.8 Å². The molecule has 1 aliphatic heterocycles. The van der Waals surface area contributed by atoms with Gasteiger partial charge >= 0.3 is 6.09 Å². The van der Waals surface area contributed by atoms with E-state index in [1.165, 1.54) is 4.90 Å². The van der Waals surface area contributed by atoms with E-state index in [0.717, 1.165) is 6.42 Å². The van der Waals surface area contributed by atoms with Gasteiger partial charge in [-0.2, -0.15) is 0 Å². The van der Waals surface area contributed by atoms with Crippen LogP contribution in [0.2, 0.25) is 0 Å². The number of cyclic esters (lactones) is 1. The molecule has 1 fully saturated rings. The SMILES string of the molecule is CCCC(=O)N1C(=O)OC[C@H]1C(C)C. The molecule has 1 atom stereocenters. The first-order valence-electron chi connectivity index (χ1n) is 5.06. The number of rotatable bonds is 3. The Hall–Kier alpha value is -1.06. The van der Waals surface area contributed by atoms with Crippen LogP contribution in [0.15, 0.2) is 0 Å². The Morgan fingerprint density at radius 2 is 2.29 bits per heavy atom. The first-order valence-corrected chi connectivity index (χ1v) is 5.06. The average Bonchev–Trinajstić information content (AvgIpc) is 2.47. The Kier molecular flexibility index (Phi) is 3.49. The Labute approximate surface area is 84.2 Å². The molecule has 0 aromatic rings. The lowest BCUT2D eigenvalue weighted by Gasteiger charge is -2.22. The zero-order valence-corrected chi connectivity index (χ0v) is 8.95. The van der Waals surface area contributed by atoms with Crippen molar-refractivity contribution in [3.05, 3.63) is 0 Å². The number of nitrogens with zero attached hydrogens (tertiary/aromatic N) is 1. The minimum atomic E-state index is -0.484. The molecule has 0 aliphatic carbocycles. The van der Waals surface area contributed by atoms with Crippen molar-refractivity contribution < 1.29 is 14.3 Å². The third-order valence-corrected chi connectivity index (χ3v) is 2.41. The standard InChI is InChI=1S/C10H17NO3/c1-4-5-9(12)11-8(7(2)3)6-14-10(11)13/h7-8H,4-6H2,1-3H3/t8-/m0/s1. The number of carbonyl (C=O) groups excluding carboxylic acids is 2. The van der Waals surface area contributed by atoms with Crippen LogP contribution in [0.5, 0.6) is 0 Å². The molecule has 4 nitrogen and oxygen atoms in total. The summed E-state index contributed by atoms with van der Waals surface area (Å²) >= 11 is 0. The molecule has 80 valence electrons. The van der Waals surface area contributed by atoms with Crippen LogP contribution in [0, 0.1) is 5.92 Å². The van der Waals surface area contributed by atoms with Crippen molar-refractivity contribution >= 4 is 12.0 Å². The molecule has 1 heterocycles. The lowest BCUT2D eigenvalue weighted by atomic mass is 10.0. The van der Waals surface area contributed by atoms with Crippen molar-refractivity contribution in [3.63, 3.8) is 0 Å². The molecule has 1 rings (SSSR count). The van der Waals surface area contributed by atoms with Gasteiger partial charge in [-0.15, -0.1) is 0 Å². The van der Waals surface area contributed by atoms with Crippen LogP contribution in [0.25, 0.3) is 0 Å². The van der Waals surface area contributed by atoms with Gasteiger partial charge in [-0.25, -0.2) is 9.69 Å². The Balaban J connectivity index is 2.71. The Morgan fingerprint density at radius 1 is 1.64 bits per heavy atom. The summed E-state index contributed by atoms with van der Waals surface area (Å²) in [5, 5.41) is 0. The molecule has 4 heteroatoms. The van der Waals surface area contributed by atoms with Gasteiger partial charge in [-0.3, -0.25) is 4.79 Å². The number of ether oxygens (including phenoxy) is 1. The van der Waals surface area contributed by atoms with Crippen molar-refractivity contribution in [3.8, 4) is 0 Å². The number of hydrogen-bond acceptors (Lipinski definition) is 3. The summed E-state index contributed by atoms with van der Waals surface area (Å²) in [6, 6.07) is -0.0819. The fourth-order valence-corrected chi connectivity index (χ4v) is 1.55. The highest BCUT2D eigenvalue weighted by Gasteiger charge is 2.38. The van der Waals surface area contributed by atoms with Crippen molar-refractivity contribution in [1.29, 1.82) is 0 Å². The molecule has 0 radical (unpaired) electrons. The number of hydrogen-bond donors (Lipinski definition) is 0. The summed E-state index contributed by atoms with van der Waals surface area (Å²) in [6.45, 7) is 6.23. The normalized spacial score (nSPS) is 21.6. The summed E-state index contributed by atoms with van der Waals surface area (Å²) in [7, 11) is 0. The average molecular weight is 199 g/mol. The summed E-state index contributed by atoms with van der Waals surface area (Å²) in [4.78, 5) is 24.2. The topological polar surface area (TPSA) is 46.6 Å². The fourth-order valence-electron chi connectivity index (χ4n) is 1.55. The second kappa shape index (κ2) is 4.44. The molecule has 0 aromatic carbocycles. The van der Waals surface area contributed by atoms with E-state index in [9.17, 15) is 9.59 Å². The first kappa shape index (κ1) is 11.0. The van der Waals surface area contributed by atoms with Gasteiger partial charge in [0, 0.05) is 6.42 Å². The molecule has 1 saturated heterocycles. The van der Waals surface area contributed by atoms with Gasteiger partial charge in [0.2, 0.25) is 5.91 Å². The van der Waals surface area contributed by atoms with Crippen LogP contribution in [0.1, 0.15) is 33.6 Å². The quantitative estimate of drug-likeness (QED) is 0.696. The molecule has 0 N–H and O–H groups in total. The third kappa shape index (κ3) is 2.05. The molecule has 0 unspecified atom stereocenters. The lowest BCUT2D eigenvalue weighted by molar-refractivity contribution is -0.129. The highest BCUT2D eigenvalue weighted by molar-refractivity contribution is 5.93. The van der Waals surface area contributed by atoms with E-state index < -0.39 is 6.09 Å². The number of imide groups is 1. The minimum Gasteiger partial charge on any atom is -0.447 e. The Morgan fingerprint density at radius 3 is 2.79 bits per heavy atom. The van der Waals surface area contributed by atoms with E-state index in [2.05, 4.69) is 0 Å². The molecule has 0 spiro atoms. The molecule has 14 heavy (non-hydrogen) atoms. The molecule has 0 aromatic heterocycles. The van der Waals surface area contributed by atoms with E-state index in [4.69, 9.17) is 4.74 Å². The minimum absolute atomic E-state index is 0.0819. The first-order chi connectivity index (χ1) is 6.57. The third-order valence-electron chi connectivity index (χ3n) is 2.41. The van der Waals surface area contributed by atoms with Crippen LogP contribution < -0.4 is 0 Å². The second-order valence-electron chi connectivity index (χ2n) is 3.90. The molecule has 2 amide bonds. The van der Waals surface area contributed by atoms with Crippen molar-refractivity contribution in [1.82, 2.24) is 4.90 Å². The largest absolute Gasteiger partial charge is 0.447 e. The number of carbonyl (C=O) groups is 2. The van der Waals surface area contributed by atoms with Gasteiger partial charge in [0.15, 0.2) is 0 Å². The molecule has 0 saturated carbocycles. The lowest BCUT2D eigenvalue weighted by Crippen LogP contribution is -2.41. The smallest absolute Gasteiger partial charge is 0.416 e. The maximum Gasteiger partial charge on any atom is 0.416 e. The predicted octanol–water partition coefficient (Wildman–Crippen LogP) is 1.79. The van der Waals surface area contributed by atoms with Crippen molar-refractivity contribution in [2.45, 2.75) is 39.7 Å².